The zero-order valence-corrected chi connectivity index (χ0v) is 12.6. The molecule has 130 valence electrons. The third-order valence-electron chi connectivity index (χ3n) is 3.20. The van der Waals surface area contributed by atoms with Crippen molar-refractivity contribution in [1.82, 2.24) is 4.98 Å². The lowest BCUT2D eigenvalue weighted by Gasteiger charge is -2.22. The predicted octanol–water partition coefficient (Wildman–Crippen LogP) is 2.29. The number of rotatable bonds is 5. The third-order valence-corrected chi connectivity index (χ3v) is 4.16. The van der Waals surface area contributed by atoms with Crippen LogP contribution in [0.4, 0.5) is 23.4 Å². The summed E-state index contributed by atoms with van der Waals surface area (Å²) in [6, 6.07) is 1.48. The molecule has 11 heteroatoms. The molecule has 0 atom stereocenters. The van der Waals surface area contributed by atoms with Gasteiger partial charge in [0, 0.05) is 25.8 Å². The lowest BCUT2D eigenvalue weighted by Crippen LogP contribution is -2.28. The summed E-state index contributed by atoms with van der Waals surface area (Å²) in [6.07, 6.45) is 1.51. The molecule has 0 unspecified atom stereocenters. The number of hydrogen-bond acceptors (Lipinski definition) is 6. The fraction of sp³-hybridized carbons (Fsp3) is 0.583. The average molecular weight is 358 g/mol. The number of anilines is 1. The predicted molar refractivity (Wildman–Crippen MR) is 71.8 cm³/mol. The molecule has 0 aliphatic carbocycles. The zero-order chi connectivity index (χ0) is 17.1. The van der Waals surface area contributed by atoms with Crippen LogP contribution in [0.15, 0.2) is 12.1 Å². The minimum Gasteiger partial charge on any atom is -0.381 e. The van der Waals surface area contributed by atoms with Crippen molar-refractivity contribution in [3.63, 3.8) is 0 Å². The Morgan fingerprint density at radius 1 is 1.30 bits per heavy atom. The normalized spacial score (nSPS) is 17.0. The van der Waals surface area contributed by atoms with E-state index in [1.165, 1.54) is 0 Å². The molecule has 0 bridgehead atoms. The van der Waals surface area contributed by atoms with E-state index in [4.69, 9.17) is 4.74 Å². The van der Waals surface area contributed by atoms with Gasteiger partial charge in [0.05, 0.1) is 0 Å². The Morgan fingerprint density at radius 3 is 2.57 bits per heavy atom. The molecule has 0 radical (unpaired) electrons. The SMILES string of the molecule is O=S(=O)(Oc1ccc(F)c(NCC2CCOCC2)n1)C(F)(F)F. The Morgan fingerprint density at radius 2 is 1.96 bits per heavy atom. The molecule has 23 heavy (non-hydrogen) atoms. The van der Waals surface area contributed by atoms with Gasteiger partial charge in [-0.25, -0.2) is 4.39 Å². The standard InChI is InChI=1S/C12H14F4N2O4S/c13-9-1-2-10(22-23(19,20)12(14,15)16)18-11(9)17-7-8-3-5-21-6-4-8/h1-2,8H,3-7H2,(H,17,18). The molecule has 1 aliphatic heterocycles. The highest BCUT2D eigenvalue weighted by Gasteiger charge is 2.48. The van der Waals surface area contributed by atoms with Gasteiger partial charge in [-0.15, -0.1) is 0 Å². The number of halogens is 4. The Hall–Kier alpha value is -1.62. The Labute approximate surface area is 129 Å². The van der Waals surface area contributed by atoms with E-state index >= 15 is 0 Å². The molecule has 1 fully saturated rings. The molecular formula is C12H14F4N2O4S. The smallest absolute Gasteiger partial charge is 0.381 e. The summed E-state index contributed by atoms with van der Waals surface area (Å²) in [5.41, 5.74) is -5.58. The van der Waals surface area contributed by atoms with E-state index in [1.54, 1.807) is 0 Å². The molecule has 1 aromatic rings. The van der Waals surface area contributed by atoms with E-state index in [2.05, 4.69) is 14.5 Å². The molecule has 1 aliphatic rings. The fourth-order valence-electron chi connectivity index (χ4n) is 1.95. The quantitative estimate of drug-likeness (QED) is 0.494. The highest BCUT2D eigenvalue weighted by molar-refractivity contribution is 7.87. The first-order valence-corrected chi connectivity index (χ1v) is 8.09. The highest BCUT2D eigenvalue weighted by atomic mass is 32.2. The Kier molecular flexibility index (Phi) is 5.30. The topological polar surface area (TPSA) is 77.5 Å². The van der Waals surface area contributed by atoms with Crippen LogP contribution in [-0.4, -0.2) is 38.7 Å². The van der Waals surface area contributed by atoms with E-state index in [0.717, 1.165) is 18.9 Å². The molecule has 6 nitrogen and oxygen atoms in total. The third kappa shape index (κ3) is 4.67. The van der Waals surface area contributed by atoms with Gasteiger partial charge in [-0.3, -0.25) is 0 Å². The van der Waals surface area contributed by atoms with E-state index in [-0.39, 0.29) is 11.7 Å². The average Bonchev–Trinajstić information content (AvgIpc) is 2.47. The molecule has 0 amide bonds. The second-order valence-electron chi connectivity index (χ2n) is 4.90. The summed E-state index contributed by atoms with van der Waals surface area (Å²) in [4.78, 5) is 3.44. The minimum absolute atomic E-state index is 0.202. The summed E-state index contributed by atoms with van der Waals surface area (Å²) in [5, 5.41) is 2.65. The monoisotopic (exact) mass is 358 g/mol. The second-order valence-corrected chi connectivity index (χ2v) is 6.44. The fourth-order valence-corrected chi connectivity index (χ4v) is 2.36. The van der Waals surface area contributed by atoms with Gasteiger partial charge >= 0.3 is 15.6 Å². The van der Waals surface area contributed by atoms with Crippen molar-refractivity contribution in [2.24, 2.45) is 5.92 Å². The van der Waals surface area contributed by atoms with Crippen molar-refractivity contribution in [1.29, 1.82) is 0 Å². The van der Waals surface area contributed by atoms with Gasteiger partial charge in [-0.1, -0.05) is 0 Å². The van der Waals surface area contributed by atoms with Crippen molar-refractivity contribution in [2.45, 2.75) is 18.3 Å². The number of alkyl halides is 3. The number of pyridine rings is 1. The maximum absolute atomic E-state index is 13.6. The van der Waals surface area contributed by atoms with Crippen LogP contribution in [0.25, 0.3) is 0 Å². The molecule has 2 heterocycles. The van der Waals surface area contributed by atoms with Gasteiger partial charge in [0.25, 0.3) is 0 Å². The summed E-state index contributed by atoms with van der Waals surface area (Å²) in [5.74, 6) is -1.85. The first-order valence-electron chi connectivity index (χ1n) is 6.68. The lowest BCUT2D eigenvalue weighted by molar-refractivity contribution is -0.0501. The van der Waals surface area contributed by atoms with E-state index in [0.29, 0.717) is 25.8 Å². The molecule has 0 saturated carbocycles. The van der Waals surface area contributed by atoms with E-state index in [1.807, 2.05) is 0 Å². The van der Waals surface area contributed by atoms with Gasteiger partial charge in [0.2, 0.25) is 5.88 Å². The van der Waals surface area contributed by atoms with Gasteiger partial charge < -0.3 is 14.2 Å². The number of aromatic nitrogens is 1. The summed E-state index contributed by atoms with van der Waals surface area (Å²) in [7, 11) is -5.85. The maximum Gasteiger partial charge on any atom is 0.534 e. The molecule has 0 spiro atoms. The number of hydrogen-bond donors (Lipinski definition) is 1. The zero-order valence-electron chi connectivity index (χ0n) is 11.8. The number of nitrogens with zero attached hydrogens (tertiary/aromatic N) is 1. The molecular weight excluding hydrogens is 344 g/mol. The van der Waals surface area contributed by atoms with Crippen molar-refractivity contribution < 1.29 is 34.9 Å². The van der Waals surface area contributed by atoms with E-state index in [9.17, 15) is 26.0 Å². The largest absolute Gasteiger partial charge is 0.534 e. The summed E-state index contributed by atoms with van der Waals surface area (Å²) >= 11 is 0. The van der Waals surface area contributed by atoms with Crippen LogP contribution in [0.1, 0.15) is 12.8 Å². The van der Waals surface area contributed by atoms with Gasteiger partial charge in [-0.05, 0) is 24.8 Å². The van der Waals surface area contributed by atoms with Crippen molar-refractivity contribution in [3.8, 4) is 5.88 Å². The van der Waals surface area contributed by atoms with Gasteiger partial charge in [0.1, 0.15) is 0 Å². The number of nitrogens with one attached hydrogen (secondary N) is 1. The van der Waals surface area contributed by atoms with E-state index < -0.39 is 27.3 Å². The van der Waals surface area contributed by atoms with Crippen LogP contribution >= 0.6 is 0 Å². The molecule has 1 aromatic heterocycles. The first kappa shape index (κ1) is 17.7. The van der Waals surface area contributed by atoms with Gasteiger partial charge in [0.15, 0.2) is 11.6 Å². The maximum atomic E-state index is 13.6. The minimum atomic E-state index is -5.85. The van der Waals surface area contributed by atoms with Crippen LogP contribution < -0.4 is 9.50 Å². The second kappa shape index (κ2) is 6.87. The Balaban J connectivity index is 2.06. The van der Waals surface area contributed by atoms with Crippen LogP contribution in [-0.2, 0) is 14.9 Å². The first-order chi connectivity index (χ1) is 10.7. The Bertz CT molecular complexity index is 645. The number of ether oxygens (including phenoxy) is 1. The van der Waals surface area contributed by atoms with Crippen molar-refractivity contribution in [2.75, 3.05) is 25.1 Å². The highest BCUT2D eigenvalue weighted by Crippen LogP contribution is 2.27. The van der Waals surface area contributed by atoms with Crippen molar-refractivity contribution >= 4 is 15.9 Å². The molecule has 0 aromatic carbocycles. The van der Waals surface area contributed by atoms with Crippen molar-refractivity contribution in [3.05, 3.63) is 17.9 Å². The van der Waals surface area contributed by atoms with Crippen LogP contribution in [0.3, 0.4) is 0 Å². The lowest BCUT2D eigenvalue weighted by atomic mass is 10.0. The molecule has 1 N–H and O–H groups in total. The van der Waals surface area contributed by atoms with Crippen LogP contribution in [0.2, 0.25) is 0 Å². The summed E-state index contributed by atoms with van der Waals surface area (Å²) < 4.78 is 81.2. The van der Waals surface area contributed by atoms with Crippen LogP contribution in [0, 0.1) is 11.7 Å². The molecule has 2 rings (SSSR count). The summed E-state index contributed by atoms with van der Waals surface area (Å²) in [6.45, 7) is 1.49. The van der Waals surface area contributed by atoms with Crippen LogP contribution in [0.5, 0.6) is 5.88 Å². The van der Waals surface area contributed by atoms with Gasteiger partial charge in [-0.2, -0.15) is 26.6 Å². The molecule has 1 saturated heterocycles.